The fourth-order valence-electron chi connectivity index (χ4n) is 1.88. The molecule has 1 aromatic heterocycles. The van der Waals surface area contributed by atoms with Crippen molar-refractivity contribution in [1.29, 1.82) is 0 Å². The smallest absolute Gasteiger partial charge is 0.119 e. The molecule has 1 aromatic carbocycles. The molecule has 0 fully saturated rings. The Bertz CT molecular complexity index is 507. The van der Waals surface area contributed by atoms with Gasteiger partial charge in [0, 0.05) is 18.0 Å². The SMILES string of the molecule is CCOc1ccc([C@H](C)NCc2csc(C)n2)cc1. The lowest BCUT2D eigenvalue weighted by Crippen LogP contribution is -2.18. The molecule has 3 nitrogen and oxygen atoms in total. The van der Waals surface area contributed by atoms with Crippen LogP contribution in [0.25, 0.3) is 0 Å². The molecule has 19 heavy (non-hydrogen) atoms. The van der Waals surface area contributed by atoms with Gasteiger partial charge in [0.2, 0.25) is 0 Å². The Morgan fingerprint density at radius 2 is 2.05 bits per heavy atom. The van der Waals surface area contributed by atoms with Crippen molar-refractivity contribution in [3.8, 4) is 5.75 Å². The average Bonchev–Trinajstić information content (AvgIpc) is 2.83. The predicted molar refractivity (Wildman–Crippen MR) is 79.7 cm³/mol. The second kappa shape index (κ2) is 6.68. The van der Waals surface area contributed by atoms with E-state index in [1.165, 1.54) is 5.56 Å². The summed E-state index contributed by atoms with van der Waals surface area (Å²) in [7, 11) is 0. The first-order valence-corrected chi connectivity index (χ1v) is 7.44. The highest BCUT2D eigenvalue weighted by Gasteiger charge is 2.06. The van der Waals surface area contributed by atoms with Gasteiger partial charge in [-0.1, -0.05) is 12.1 Å². The molecule has 0 unspecified atom stereocenters. The van der Waals surface area contributed by atoms with Gasteiger partial charge in [0.1, 0.15) is 5.75 Å². The molecule has 4 heteroatoms. The van der Waals surface area contributed by atoms with E-state index in [1.54, 1.807) is 11.3 Å². The van der Waals surface area contributed by atoms with Crippen molar-refractivity contribution in [2.45, 2.75) is 33.4 Å². The zero-order valence-corrected chi connectivity index (χ0v) is 12.5. The molecular formula is C15H20N2OS. The molecule has 0 amide bonds. The molecule has 102 valence electrons. The fraction of sp³-hybridized carbons (Fsp3) is 0.400. The normalized spacial score (nSPS) is 12.4. The lowest BCUT2D eigenvalue weighted by molar-refractivity contribution is 0.340. The van der Waals surface area contributed by atoms with Gasteiger partial charge in [0.25, 0.3) is 0 Å². The van der Waals surface area contributed by atoms with E-state index in [4.69, 9.17) is 4.74 Å². The van der Waals surface area contributed by atoms with Crippen LogP contribution in [-0.4, -0.2) is 11.6 Å². The number of hydrogen-bond donors (Lipinski definition) is 1. The first-order chi connectivity index (χ1) is 9.19. The third-order valence-corrected chi connectivity index (χ3v) is 3.77. The first-order valence-electron chi connectivity index (χ1n) is 6.56. The highest BCUT2D eigenvalue weighted by molar-refractivity contribution is 7.09. The van der Waals surface area contributed by atoms with Gasteiger partial charge >= 0.3 is 0 Å². The van der Waals surface area contributed by atoms with Crippen molar-refractivity contribution in [3.05, 3.63) is 45.9 Å². The Morgan fingerprint density at radius 1 is 1.32 bits per heavy atom. The van der Waals surface area contributed by atoms with Crippen LogP contribution < -0.4 is 10.1 Å². The van der Waals surface area contributed by atoms with E-state index in [2.05, 4.69) is 34.7 Å². The Kier molecular flexibility index (Phi) is 4.93. The quantitative estimate of drug-likeness (QED) is 0.873. The van der Waals surface area contributed by atoms with E-state index in [0.717, 1.165) is 23.0 Å². The molecule has 0 radical (unpaired) electrons. The van der Waals surface area contributed by atoms with Crippen molar-refractivity contribution < 1.29 is 4.74 Å². The maximum absolute atomic E-state index is 5.44. The minimum Gasteiger partial charge on any atom is -0.494 e. The largest absolute Gasteiger partial charge is 0.494 e. The average molecular weight is 276 g/mol. The number of ether oxygens (including phenoxy) is 1. The molecule has 0 spiro atoms. The summed E-state index contributed by atoms with van der Waals surface area (Å²) >= 11 is 1.69. The van der Waals surface area contributed by atoms with Crippen LogP contribution in [0.5, 0.6) is 5.75 Å². The summed E-state index contributed by atoms with van der Waals surface area (Å²) in [4.78, 5) is 4.45. The van der Waals surface area contributed by atoms with Crippen molar-refractivity contribution in [3.63, 3.8) is 0 Å². The molecule has 0 bridgehead atoms. The zero-order chi connectivity index (χ0) is 13.7. The van der Waals surface area contributed by atoms with Gasteiger partial charge in [-0.3, -0.25) is 0 Å². The topological polar surface area (TPSA) is 34.1 Å². The summed E-state index contributed by atoms with van der Waals surface area (Å²) in [5, 5.41) is 6.70. The van der Waals surface area contributed by atoms with Crippen molar-refractivity contribution in [2.75, 3.05) is 6.61 Å². The van der Waals surface area contributed by atoms with Crippen LogP contribution in [0, 0.1) is 6.92 Å². The molecule has 0 aliphatic heterocycles. The highest BCUT2D eigenvalue weighted by Crippen LogP contribution is 2.18. The van der Waals surface area contributed by atoms with E-state index >= 15 is 0 Å². The zero-order valence-electron chi connectivity index (χ0n) is 11.6. The standard InChI is InChI=1S/C15H20N2OS/c1-4-18-15-7-5-13(6-8-15)11(2)16-9-14-10-19-12(3)17-14/h5-8,10-11,16H,4,9H2,1-3H3/t11-/m0/s1. The summed E-state index contributed by atoms with van der Waals surface area (Å²) in [5.41, 5.74) is 2.37. The summed E-state index contributed by atoms with van der Waals surface area (Å²) < 4.78 is 5.44. The molecule has 0 aliphatic rings. The molecule has 1 N–H and O–H groups in total. The van der Waals surface area contributed by atoms with E-state index in [-0.39, 0.29) is 0 Å². The predicted octanol–water partition coefficient (Wildman–Crippen LogP) is 3.70. The summed E-state index contributed by atoms with van der Waals surface area (Å²) in [6, 6.07) is 8.55. The summed E-state index contributed by atoms with van der Waals surface area (Å²) in [6.45, 7) is 7.70. The molecule has 0 saturated carbocycles. The maximum Gasteiger partial charge on any atom is 0.119 e. The third kappa shape index (κ3) is 4.04. The van der Waals surface area contributed by atoms with Crippen LogP contribution in [0.4, 0.5) is 0 Å². The Labute approximate surface area is 118 Å². The Morgan fingerprint density at radius 3 is 2.63 bits per heavy atom. The molecule has 1 atom stereocenters. The maximum atomic E-state index is 5.44. The van der Waals surface area contributed by atoms with Crippen molar-refractivity contribution in [2.24, 2.45) is 0 Å². The monoisotopic (exact) mass is 276 g/mol. The van der Waals surface area contributed by atoms with Gasteiger partial charge < -0.3 is 10.1 Å². The molecule has 1 heterocycles. The van der Waals surface area contributed by atoms with Gasteiger partial charge in [-0.2, -0.15) is 0 Å². The lowest BCUT2D eigenvalue weighted by Gasteiger charge is -2.14. The fourth-order valence-corrected chi connectivity index (χ4v) is 2.50. The number of nitrogens with zero attached hydrogens (tertiary/aromatic N) is 1. The Hall–Kier alpha value is -1.39. The highest BCUT2D eigenvalue weighted by atomic mass is 32.1. The van der Waals surface area contributed by atoms with Crippen LogP contribution in [-0.2, 0) is 6.54 Å². The van der Waals surface area contributed by atoms with E-state index in [1.807, 2.05) is 26.0 Å². The van der Waals surface area contributed by atoms with E-state index in [9.17, 15) is 0 Å². The third-order valence-electron chi connectivity index (χ3n) is 2.95. The minimum atomic E-state index is 0.303. The van der Waals surface area contributed by atoms with Crippen LogP contribution in [0.15, 0.2) is 29.6 Å². The van der Waals surface area contributed by atoms with Crippen molar-refractivity contribution >= 4 is 11.3 Å². The van der Waals surface area contributed by atoms with Gasteiger partial charge in [0.05, 0.1) is 17.3 Å². The number of benzene rings is 1. The first kappa shape index (κ1) is 14.0. The lowest BCUT2D eigenvalue weighted by atomic mass is 10.1. The van der Waals surface area contributed by atoms with Crippen LogP contribution in [0.2, 0.25) is 0 Å². The molecular weight excluding hydrogens is 256 g/mol. The summed E-state index contributed by atoms with van der Waals surface area (Å²) in [5.74, 6) is 0.925. The number of nitrogens with one attached hydrogen (secondary N) is 1. The number of aryl methyl sites for hydroxylation is 1. The van der Waals surface area contributed by atoms with E-state index < -0.39 is 0 Å². The number of aromatic nitrogens is 1. The number of hydrogen-bond acceptors (Lipinski definition) is 4. The van der Waals surface area contributed by atoms with Crippen LogP contribution >= 0.6 is 11.3 Å². The second-order valence-electron chi connectivity index (χ2n) is 4.46. The molecule has 2 rings (SSSR count). The Balaban J connectivity index is 1.90. The molecule has 0 aliphatic carbocycles. The van der Waals surface area contributed by atoms with Gasteiger partial charge in [-0.15, -0.1) is 11.3 Å². The van der Waals surface area contributed by atoms with Gasteiger partial charge in [-0.25, -0.2) is 4.98 Å². The van der Waals surface area contributed by atoms with Crippen LogP contribution in [0.1, 0.15) is 36.2 Å². The van der Waals surface area contributed by atoms with Gasteiger partial charge in [-0.05, 0) is 38.5 Å². The number of thiazole rings is 1. The molecule has 2 aromatic rings. The van der Waals surface area contributed by atoms with Crippen molar-refractivity contribution in [1.82, 2.24) is 10.3 Å². The second-order valence-corrected chi connectivity index (χ2v) is 5.52. The van der Waals surface area contributed by atoms with Gasteiger partial charge in [0.15, 0.2) is 0 Å². The summed E-state index contributed by atoms with van der Waals surface area (Å²) in [6.07, 6.45) is 0. The molecule has 0 saturated heterocycles. The number of rotatable bonds is 6. The van der Waals surface area contributed by atoms with Crippen LogP contribution in [0.3, 0.4) is 0 Å². The van der Waals surface area contributed by atoms with E-state index in [0.29, 0.717) is 12.6 Å². The minimum absolute atomic E-state index is 0.303.